The maximum Gasteiger partial charge on any atom is 0.309 e. The van der Waals surface area contributed by atoms with Gasteiger partial charge in [-0.1, -0.05) is 12.1 Å². The number of amides is 2. The van der Waals surface area contributed by atoms with Gasteiger partial charge in [-0.15, -0.1) is 0 Å². The van der Waals surface area contributed by atoms with Crippen LogP contribution in [0.3, 0.4) is 0 Å². The van der Waals surface area contributed by atoms with Crippen molar-refractivity contribution in [1.82, 2.24) is 15.5 Å². The van der Waals surface area contributed by atoms with Crippen LogP contribution >= 0.6 is 0 Å². The van der Waals surface area contributed by atoms with E-state index in [9.17, 15) is 9.59 Å². The Balaban J connectivity index is 2.01. The molecule has 2 N–H and O–H groups in total. The molecule has 26 heavy (non-hydrogen) atoms. The molecular formula is C19H30N4O3. The van der Waals surface area contributed by atoms with Crippen molar-refractivity contribution >= 4 is 17.5 Å². The highest BCUT2D eigenvalue weighted by Crippen LogP contribution is 2.29. The Hall–Kier alpha value is -2.12. The number of likely N-dealkylation sites (N-methyl/N-ethyl adjacent to an activating group) is 1. The number of ether oxygens (including phenoxy) is 1. The Kier molecular flexibility index (Phi) is 7.41. The van der Waals surface area contributed by atoms with E-state index in [0.29, 0.717) is 19.7 Å². The lowest BCUT2D eigenvalue weighted by Crippen LogP contribution is -2.43. The van der Waals surface area contributed by atoms with Crippen molar-refractivity contribution < 1.29 is 14.3 Å². The molecule has 7 nitrogen and oxygen atoms in total. The van der Waals surface area contributed by atoms with Gasteiger partial charge in [-0.3, -0.25) is 9.59 Å². The lowest BCUT2D eigenvalue weighted by molar-refractivity contribution is -0.139. The smallest absolute Gasteiger partial charge is 0.309 e. The first-order chi connectivity index (χ1) is 12.4. The Bertz CT molecular complexity index is 633. The molecule has 0 unspecified atom stereocenters. The number of nitrogens with one attached hydrogen (secondary N) is 2. The number of fused-ring (bicyclic) bond motifs is 1. The monoisotopic (exact) mass is 362 g/mol. The van der Waals surface area contributed by atoms with E-state index in [0.717, 1.165) is 24.9 Å². The Labute approximate surface area is 155 Å². The van der Waals surface area contributed by atoms with E-state index in [1.54, 1.807) is 7.11 Å². The summed E-state index contributed by atoms with van der Waals surface area (Å²) in [6.07, 6.45) is 2.22. The molecule has 0 aromatic heterocycles. The molecule has 0 bridgehead atoms. The van der Waals surface area contributed by atoms with Crippen molar-refractivity contribution in [2.24, 2.45) is 0 Å². The van der Waals surface area contributed by atoms with Crippen molar-refractivity contribution in [3.05, 3.63) is 29.3 Å². The molecule has 1 aromatic carbocycles. The van der Waals surface area contributed by atoms with Crippen molar-refractivity contribution in [1.29, 1.82) is 0 Å². The number of hydrogen-bond donors (Lipinski definition) is 2. The summed E-state index contributed by atoms with van der Waals surface area (Å²) in [7, 11) is 7.61. The fourth-order valence-electron chi connectivity index (χ4n) is 3.23. The summed E-state index contributed by atoms with van der Waals surface area (Å²) in [5.41, 5.74) is 3.76. The number of methoxy groups -OCH3 is 1. The van der Waals surface area contributed by atoms with E-state index in [-0.39, 0.29) is 6.04 Å². The second-order valence-electron chi connectivity index (χ2n) is 6.85. The molecule has 0 aliphatic carbocycles. The van der Waals surface area contributed by atoms with Gasteiger partial charge in [0.25, 0.3) is 0 Å². The van der Waals surface area contributed by atoms with Crippen molar-refractivity contribution in [3.63, 3.8) is 0 Å². The maximum atomic E-state index is 12.0. The summed E-state index contributed by atoms with van der Waals surface area (Å²) in [5, 5.41) is 5.26. The van der Waals surface area contributed by atoms with Gasteiger partial charge in [0.05, 0.1) is 12.6 Å². The highest BCUT2D eigenvalue weighted by Gasteiger charge is 2.21. The van der Waals surface area contributed by atoms with Crippen LogP contribution in [-0.4, -0.2) is 71.2 Å². The van der Waals surface area contributed by atoms with E-state index >= 15 is 0 Å². The van der Waals surface area contributed by atoms with E-state index in [1.165, 1.54) is 11.3 Å². The summed E-state index contributed by atoms with van der Waals surface area (Å²) < 4.78 is 4.86. The molecule has 0 spiro atoms. The first-order valence-electron chi connectivity index (χ1n) is 8.99. The predicted octanol–water partition coefficient (Wildman–Crippen LogP) is 0.551. The molecule has 2 amide bonds. The highest BCUT2D eigenvalue weighted by atomic mass is 16.5. The van der Waals surface area contributed by atoms with Crippen molar-refractivity contribution in [2.75, 3.05) is 59.4 Å². The lowest BCUT2D eigenvalue weighted by Gasteiger charge is -2.30. The zero-order valence-corrected chi connectivity index (χ0v) is 16.2. The first kappa shape index (κ1) is 20.2. The van der Waals surface area contributed by atoms with Crippen LogP contribution in [0.4, 0.5) is 5.69 Å². The molecule has 0 saturated carbocycles. The van der Waals surface area contributed by atoms with E-state index in [1.807, 2.05) is 14.1 Å². The van der Waals surface area contributed by atoms with Crippen LogP contribution < -0.4 is 15.5 Å². The lowest BCUT2D eigenvalue weighted by atomic mass is 9.96. The molecule has 1 heterocycles. The molecule has 2 rings (SSSR count). The van der Waals surface area contributed by atoms with E-state index in [4.69, 9.17) is 4.74 Å². The Morgan fingerprint density at radius 1 is 1.27 bits per heavy atom. The third-order valence-electron chi connectivity index (χ3n) is 4.72. The average molecular weight is 362 g/mol. The second kappa shape index (κ2) is 9.54. The van der Waals surface area contributed by atoms with Gasteiger partial charge in [0, 0.05) is 39.5 Å². The van der Waals surface area contributed by atoms with Gasteiger partial charge in [0.2, 0.25) is 0 Å². The van der Waals surface area contributed by atoms with Gasteiger partial charge in [0.1, 0.15) is 0 Å². The number of anilines is 1. The van der Waals surface area contributed by atoms with Gasteiger partial charge in [-0.2, -0.15) is 0 Å². The molecule has 0 fully saturated rings. The number of nitrogens with zero attached hydrogens (tertiary/aromatic N) is 2. The number of carbonyl (C=O) groups is 2. The molecule has 7 heteroatoms. The SMILES string of the molecule is COCCNC(=O)C(=O)NC[C@@H](c1ccc2c(c1)CCCN2C)N(C)C. The normalized spacial score (nSPS) is 14.7. The number of benzene rings is 1. The fraction of sp³-hybridized carbons (Fsp3) is 0.579. The maximum absolute atomic E-state index is 12.0. The minimum atomic E-state index is -0.633. The summed E-state index contributed by atoms with van der Waals surface area (Å²) in [6, 6.07) is 6.49. The number of hydrogen-bond acceptors (Lipinski definition) is 5. The molecule has 1 aromatic rings. The summed E-state index contributed by atoms with van der Waals surface area (Å²) in [5.74, 6) is -1.25. The van der Waals surface area contributed by atoms with Crippen LogP contribution in [0.25, 0.3) is 0 Å². The Morgan fingerprint density at radius 2 is 2.00 bits per heavy atom. The van der Waals surface area contributed by atoms with E-state index < -0.39 is 11.8 Å². The van der Waals surface area contributed by atoms with Crippen LogP contribution in [0, 0.1) is 0 Å². The molecular weight excluding hydrogens is 332 g/mol. The third-order valence-corrected chi connectivity index (χ3v) is 4.72. The molecule has 0 saturated heterocycles. The van der Waals surface area contributed by atoms with Gasteiger partial charge in [0.15, 0.2) is 0 Å². The van der Waals surface area contributed by atoms with Crippen molar-refractivity contribution in [2.45, 2.75) is 18.9 Å². The standard InChI is InChI=1S/C19H30N4O3/c1-22(2)17(13-21-19(25)18(24)20-9-11-26-4)15-7-8-16-14(12-15)6-5-10-23(16)3/h7-8,12,17H,5-6,9-11,13H2,1-4H3,(H,20,24)(H,21,25)/t17-/m0/s1. The van der Waals surface area contributed by atoms with Gasteiger partial charge in [-0.25, -0.2) is 0 Å². The van der Waals surface area contributed by atoms with Crippen LogP contribution in [-0.2, 0) is 20.7 Å². The fourth-order valence-corrected chi connectivity index (χ4v) is 3.23. The molecule has 1 aliphatic heterocycles. The zero-order chi connectivity index (χ0) is 19.1. The molecule has 1 aliphatic rings. The summed E-state index contributed by atoms with van der Waals surface area (Å²) in [4.78, 5) is 28.1. The number of rotatable bonds is 7. The van der Waals surface area contributed by atoms with Crippen LogP contribution in [0.5, 0.6) is 0 Å². The quantitative estimate of drug-likeness (QED) is 0.547. The second-order valence-corrected chi connectivity index (χ2v) is 6.85. The predicted molar refractivity (Wildman–Crippen MR) is 102 cm³/mol. The largest absolute Gasteiger partial charge is 0.383 e. The summed E-state index contributed by atoms with van der Waals surface area (Å²) in [6.45, 7) is 2.15. The topological polar surface area (TPSA) is 73.9 Å². The number of aryl methyl sites for hydroxylation is 1. The summed E-state index contributed by atoms with van der Waals surface area (Å²) >= 11 is 0. The third kappa shape index (κ3) is 5.19. The van der Waals surface area contributed by atoms with Crippen LogP contribution in [0.2, 0.25) is 0 Å². The molecule has 0 radical (unpaired) electrons. The minimum absolute atomic E-state index is 0.00302. The highest BCUT2D eigenvalue weighted by molar-refractivity contribution is 6.35. The van der Waals surface area contributed by atoms with E-state index in [2.05, 4.69) is 45.7 Å². The minimum Gasteiger partial charge on any atom is -0.383 e. The Morgan fingerprint density at radius 3 is 2.69 bits per heavy atom. The molecule has 1 atom stereocenters. The first-order valence-corrected chi connectivity index (χ1v) is 8.99. The van der Waals surface area contributed by atoms with Crippen LogP contribution in [0.1, 0.15) is 23.6 Å². The van der Waals surface area contributed by atoms with Gasteiger partial charge >= 0.3 is 11.8 Å². The zero-order valence-electron chi connectivity index (χ0n) is 16.2. The van der Waals surface area contributed by atoms with Gasteiger partial charge < -0.3 is 25.2 Å². The average Bonchev–Trinajstić information content (AvgIpc) is 2.61. The molecule has 144 valence electrons. The van der Waals surface area contributed by atoms with Crippen LogP contribution in [0.15, 0.2) is 18.2 Å². The number of carbonyl (C=O) groups excluding carboxylic acids is 2. The van der Waals surface area contributed by atoms with Crippen molar-refractivity contribution in [3.8, 4) is 0 Å². The van der Waals surface area contributed by atoms with Gasteiger partial charge in [-0.05, 0) is 44.1 Å².